The van der Waals surface area contributed by atoms with Crippen molar-refractivity contribution in [2.45, 2.75) is 32.7 Å². The fourth-order valence-electron chi connectivity index (χ4n) is 1.99. The minimum Gasteiger partial charge on any atom is -0.454 e. The second-order valence-electron chi connectivity index (χ2n) is 4.82. The van der Waals surface area contributed by atoms with E-state index in [0.29, 0.717) is 12.3 Å². The summed E-state index contributed by atoms with van der Waals surface area (Å²) in [5.74, 6) is 0.483. The first-order valence-electron chi connectivity index (χ1n) is 6.98. The van der Waals surface area contributed by atoms with Gasteiger partial charge in [-0.25, -0.2) is 4.39 Å². The Hall–Kier alpha value is -1.87. The first kappa shape index (κ1) is 14.5. The van der Waals surface area contributed by atoms with E-state index in [1.54, 1.807) is 12.1 Å². The Morgan fingerprint density at radius 2 is 1.75 bits per heavy atom. The van der Waals surface area contributed by atoms with Crippen LogP contribution in [-0.2, 0) is 13.0 Å². The van der Waals surface area contributed by atoms with Gasteiger partial charge in [-0.2, -0.15) is 0 Å². The molecule has 0 unspecified atom stereocenters. The molecule has 2 rings (SSSR count). The van der Waals surface area contributed by atoms with Crippen molar-refractivity contribution >= 4 is 0 Å². The van der Waals surface area contributed by atoms with Crippen LogP contribution >= 0.6 is 0 Å². The number of nitrogens with two attached hydrogens (primary N) is 1. The third-order valence-corrected chi connectivity index (χ3v) is 3.20. The number of benzene rings is 2. The van der Waals surface area contributed by atoms with Crippen molar-refractivity contribution in [1.82, 2.24) is 0 Å². The summed E-state index contributed by atoms with van der Waals surface area (Å²) in [6, 6.07) is 12.6. The minimum atomic E-state index is -0.386. The molecule has 0 atom stereocenters. The van der Waals surface area contributed by atoms with Crippen molar-refractivity contribution in [3.8, 4) is 11.5 Å². The van der Waals surface area contributed by atoms with Gasteiger partial charge in [-0.1, -0.05) is 31.5 Å². The number of hydrogen-bond donors (Lipinski definition) is 1. The molecule has 0 bridgehead atoms. The summed E-state index contributed by atoms with van der Waals surface area (Å²) < 4.78 is 19.3. The maximum atomic E-state index is 13.8. The van der Waals surface area contributed by atoms with Gasteiger partial charge in [-0.3, -0.25) is 0 Å². The van der Waals surface area contributed by atoms with Gasteiger partial charge >= 0.3 is 0 Å². The van der Waals surface area contributed by atoms with Gasteiger partial charge in [-0.15, -0.1) is 0 Å². The fraction of sp³-hybridized carbons (Fsp3) is 0.294. The van der Waals surface area contributed by atoms with Crippen LogP contribution in [0.5, 0.6) is 11.5 Å². The van der Waals surface area contributed by atoms with Crippen molar-refractivity contribution in [3.63, 3.8) is 0 Å². The van der Waals surface area contributed by atoms with Crippen molar-refractivity contribution in [3.05, 3.63) is 59.4 Å². The Balaban J connectivity index is 2.06. The zero-order valence-electron chi connectivity index (χ0n) is 11.7. The van der Waals surface area contributed by atoms with E-state index in [0.717, 1.165) is 12.0 Å². The highest BCUT2D eigenvalue weighted by atomic mass is 19.1. The second-order valence-corrected chi connectivity index (χ2v) is 4.82. The Morgan fingerprint density at radius 1 is 1.05 bits per heavy atom. The number of ether oxygens (including phenoxy) is 1. The van der Waals surface area contributed by atoms with E-state index in [9.17, 15) is 4.39 Å². The van der Waals surface area contributed by atoms with E-state index in [-0.39, 0.29) is 11.6 Å². The van der Waals surface area contributed by atoms with Gasteiger partial charge in [-0.05, 0) is 48.2 Å². The van der Waals surface area contributed by atoms with Crippen LogP contribution in [-0.4, -0.2) is 0 Å². The summed E-state index contributed by atoms with van der Waals surface area (Å²) in [4.78, 5) is 0. The molecule has 0 saturated heterocycles. The smallest absolute Gasteiger partial charge is 0.166 e. The van der Waals surface area contributed by atoms with Crippen LogP contribution in [0.25, 0.3) is 0 Å². The van der Waals surface area contributed by atoms with Crippen molar-refractivity contribution in [1.29, 1.82) is 0 Å². The average Bonchev–Trinajstić information content (AvgIpc) is 2.48. The molecule has 0 aromatic heterocycles. The summed E-state index contributed by atoms with van der Waals surface area (Å²) in [5, 5.41) is 0. The summed E-state index contributed by atoms with van der Waals surface area (Å²) >= 11 is 0. The second kappa shape index (κ2) is 7.06. The highest BCUT2D eigenvalue weighted by Gasteiger charge is 2.05. The molecule has 0 fully saturated rings. The molecule has 0 saturated carbocycles. The first-order valence-corrected chi connectivity index (χ1v) is 6.98. The molecule has 0 heterocycles. The number of halogens is 1. The Labute approximate surface area is 119 Å². The number of unbranched alkanes of at least 4 members (excludes halogenated alkanes) is 1. The maximum Gasteiger partial charge on any atom is 0.166 e. The molecule has 2 aromatic carbocycles. The molecule has 2 nitrogen and oxygen atoms in total. The predicted octanol–water partition coefficient (Wildman–Crippen LogP) is 4.42. The topological polar surface area (TPSA) is 35.2 Å². The van der Waals surface area contributed by atoms with E-state index < -0.39 is 0 Å². The molecule has 0 aliphatic carbocycles. The van der Waals surface area contributed by atoms with Crippen LogP contribution in [0.1, 0.15) is 30.9 Å². The Bertz CT molecular complexity index is 551. The van der Waals surface area contributed by atoms with E-state index >= 15 is 0 Å². The van der Waals surface area contributed by atoms with Gasteiger partial charge in [0.1, 0.15) is 5.75 Å². The lowest BCUT2D eigenvalue weighted by Crippen LogP contribution is -1.97. The highest BCUT2D eigenvalue weighted by Crippen LogP contribution is 2.25. The molecule has 0 aliphatic rings. The lowest BCUT2D eigenvalue weighted by Gasteiger charge is -2.08. The zero-order valence-corrected chi connectivity index (χ0v) is 11.7. The molecule has 0 amide bonds. The number of rotatable bonds is 6. The number of hydrogen-bond acceptors (Lipinski definition) is 2. The molecule has 20 heavy (non-hydrogen) atoms. The molecule has 0 radical (unpaired) electrons. The van der Waals surface area contributed by atoms with E-state index in [1.165, 1.54) is 24.5 Å². The summed E-state index contributed by atoms with van der Waals surface area (Å²) in [6.45, 7) is 2.49. The highest BCUT2D eigenvalue weighted by molar-refractivity contribution is 5.35. The molecule has 0 spiro atoms. The molecular formula is C17H20FNO. The van der Waals surface area contributed by atoms with Gasteiger partial charge in [0, 0.05) is 6.54 Å². The van der Waals surface area contributed by atoms with E-state index in [4.69, 9.17) is 10.5 Å². The van der Waals surface area contributed by atoms with Gasteiger partial charge in [0.05, 0.1) is 0 Å². The lowest BCUT2D eigenvalue weighted by atomic mass is 10.1. The first-order chi connectivity index (χ1) is 9.72. The van der Waals surface area contributed by atoms with Crippen LogP contribution in [0, 0.1) is 5.82 Å². The SMILES string of the molecule is CCCCc1ccc(Oc2ccc(CN)cc2F)cc1. The molecule has 0 aliphatic heterocycles. The Morgan fingerprint density at radius 3 is 2.35 bits per heavy atom. The quantitative estimate of drug-likeness (QED) is 0.845. The molecule has 106 valence electrons. The molecule has 2 N–H and O–H groups in total. The van der Waals surface area contributed by atoms with Gasteiger partial charge in [0.25, 0.3) is 0 Å². The van der Waals surface area contributed by atoms with Crippen LogP contribution < -0.4 is 10.5 Å². The van der Waals surface area contributed by atoms with Crippen LogP contribution in [0.2, 0.25) is 0 Å². The van der Waals surface area contributed by atoms with E-state index in [2.05, 4.69) is 6.92 Å². The predicted molar refractivity (Wildman–Crippen MR) is 79.4 cm³/mol. The minimum absolute atomic E-state index is 0.225. The molecular weight excluding hydrogens is 253 g/mol. The lowest BCUT2D eigenvalue weighted by molar-refractivity contribution is 0.441. The zero-order chi connectivity index (χ0) is 14.4. The van der Waals surface area contributed by atoms with Crippen LogP contribution in [0.3, 0.4) is 0 Å². The monoisotopic (exact) mass is 273 g/mol. The fourth-order valence-corrected chi connectivity index (χ4v) is 1.99. The van der Waals surface area contributed by atoms with Gasteiger partial charge in [0.2, 0.25) is 0 Å². The largest absolute Gasteiger partial charge is 0.454 e. The maximum absolute atomic E-state index is 13.8. The average molecular weight is 273 g/mol. The summed E-state index contributed by atoms with van der Waals surface area (Å²) in [7, 11) is 0. The van der Waals surface area contributed by atoms with Crippen molar-refractivity contribution in [2.75, 3.05) is 0 Å². The van der Waals surface area contributed by atoms with Crippen molar-refractivity contribution < 1.29 is 9.13 Å². The molecule has 2 aromatic rings. The third kappa shape index (κ3) is 3.81. The van der Waals surface area contributed by atoms with Crippen LogP contribution in [0.4, 0.5) is 4.39 Å². The Kier molecular flexibility index (Phi) is 5.13. The van der Waals surface area contributed by atoms with Gasteiger partial charge in [0.15, 0.2) is 11.6 Å². The normalized spacial score (nSPS) is 10.6. The van der Waals surface area contributed by atoms with E-state index in [1.807, 2.05) is 24.3 Å². The summed E-state index contributed by atoms with van der Waals surface area (Å²) in [5.41, 5.74) is 7.50. The summed E-state index contributed by atoms with van der Waals surface area (Å²) in [6.07, 6.45) is 3.42. The number of aryl methyl sites for hydroxylation is 1. The third-order valence-electron chi connectivity index (χ3n) is 3.20. The standard InChI is InChI=1S/C17H20FNO/c1-2-3-4-13-5-8-15(9-6-13)20-17-10-7-14(12-19)11-16(17)18/h5-11H,2-4,12,19H2,1H3. The van der Waals surface area contributed by atoms with Crippen LogP contribution in [0.15, 0.2) is 42.5 Å². The van der Waals surface area contributed by atoms with Gasteiger partial charge < -0.3 is 10.5 Å². The van der Waals surface area contributed by atoms with Crippen molar-refractivity contribution in [2.24, 2.45) is 5.73 Å². The molecule has 3 heteroatoms.